The Kier molecular flexibility index (Phi) is 3.44. The summed E-state index contributed by atoms with van der Waals surface area (Å²) in [5.41, 5.74) is 0.739. The zero-order chi connectivity index (χ0) is 15.7. The number of aryl methyl sites for hydroxylation is 2. The van der Waals surface area contributed by atoms with Gasteiger partial charge in [0.15, 0.2) is 5.82 Å². The lowest BCUT2D eigenvalue weighted by molar-refractivity contribution is -0.131. The van der Waals surface area contributed by atoms with E-state index in [9.17, 15) is 9.59 Å². The van der Waals surface area contributed by atoms with Crippen LogP contribution in [0.1, 0.15) is 24.2 Å². The molecule has 6 heteroatoms. The fourth-order valence-electron chi connectivity index (χ4n) is 2.32. The van der Waals surface area contributed by atoms with Gasteiger partial charge < -0.3 is 15.2 Å². The maximum absolute atomic E-state index is 12.4. The molecule has 2 aromatic rings. The molecule has 22 heavy (non-hydrogen) atoms. The number of rotatable bonds is 4. The van der Waals surface area contributed by atoms with Crippen LogP contribution in [0, 0.1) is 19.3 Å². The van der Waals surface area contributed by atoms with Gasteiger partial charge >= 0.3 is 0 Å². The molecule has 0 spiro atoms. The van der Waals surface area contributed by atoms with Crippen LogP contribution in [-0.4, -0.2) is 17.0 Å². The Labute approximate surface area is 127 Å². The van der Waals surface area contributed by atoms with E-state index in [1.54, 1.807) is 19.1 Å². The van der Waals surface area contributed by atoms with Crippen molar-refractivity contribution in [1.29, 1.82) is 0 Å². The molecule has 0 unspecified atom stereocenters. The smallest absolute Gasteiger partial charge is 0.241 e. The van der Waals surface area contributed by atoms with Crippen LogP contribution in [0.3, 0.4) is 0 Å². The number of amides is 2. The zero-order valence-electron chi connectivity index (χ0n) is 12.5. The summed E-state index contributed by atoms with van der Waals surface area (Å²) in [6.45, 7) is 3.68. The quantitative estimate of drug-likeness (QED) is 0.850. The fourth-order valence-corrected chi connectivity index (χ4v) is 2.32. The maximum Gasteiger partial charge on any atom is 0.241 e. The molecule has 1 aromatic heterocycles. The summed E-state index contributed by atoms with van der Waals surface area (Å²) in [7, 11) is 0. The number of aromatic nitrogens is 1. The lowest BCUT2D eigenvalue weighted by Gasteiger charge is -2.14. The molecule has 1 fully saturated rings. The molecule has 1 heterocycles. The van der Waals surface area contributed by atoms with Gasteiger partial charge in [0.25, 0.3) is 0 Å². The highest BCUT2D eigenvalue weighted by Crippen LogP contribution is 2.47. The highest BCUT2D eigenvalue weighted by atomic mass is 16.5. The molecule has 2 N–H and O–H groups in total. The Morgan fingerprint density at radius 1 is 1.14 bits per heavy atom. The Bertz CT molecular complexity index is 732. The van der Waals surface area contributed by atoms with Crippen molar-refractivity contribution < 1.29 is 14.1 Å². The largest absolute Gasteiger partial charge is 0.360 e. The number of anilines is 2. The van der Waals surface area contributed by atoms with Gasteiger partial charge in [0.1, 0.15) is 11.2 Å². The Morgan fingerprint density at radius 2 is 1.86 bits per heavy atom. The first kappa shape index (κ1) is 14.3. The van der Waals surface area contributed by atoms with Crippen LogP contribution >= 0.6 is 0 Å². The second kappa shape index (κ2) is 5.29. The predicted octanol–water partition coefficient (Wildman–Crippen LogP) is 2.65. The molecule has 0 aliphatic heterocycles. The normalized spacial score (nSPS) is 15.2. The van der Waals surface area contributed by atoms with Crippen LogP contribution < -0.4 is 10.6 Å². The van der Waals surface area contributed by atoms with Crippen molar-refractivity contribution in [2.24, 2.45) is 5.41 Å². The van der Waals surface area contributed by atoms with Crippen molar-refractivity contribution in [1.82, 2.24) is 5.16 Å². The lowest BCUT2D eigenvalue weighted by Crippen LogP contribution is -2.35. The first-order valence-corrected chi connectivity index (χ1v) is 7.12. The highest BCUT2D eigenvalue weighted by Gasteiger charge is 2.56. The third-order valence-electron chi connectivity index (χ3n) is 3.76. The van der Waals surface area contributed by atoms with Gasteiger partial charge in [-0.05, 0) is 44.4 Å². The minimum atomic E-state index is -1.00. The molecular weight excluding hydrogens is 282 g/mol. The van der Waals surface area contributed by atoms with Crippen LogP contribution in [-0.2, 0) is 9.59 Å². The number of hydrogen-bond acceptors (Lipinski definition) is 4. The van der Waals surface area contributed by atoms with Gasteiger partial charge in [0, 0.05) is 11.8 Å². The number of carbonyl (C=O) groups excluding carboxylic acids is 2. The first-order chi connectivity index (χ1) is 10.5. The van der Waals surface area contributed by atoms with Crippen molar-refractivity contribution in [3.63, 3.8) is 0 Å². The Hall–Kier alpha value is -2.63. The summed E-state index contributed by atoms with van der Waals surface area (Å²) in [5.74, 6) is 0.309. The van der Waals surface area contributed by atoms with E-state index in [2.05, 4.69) is 15.8 Å². The van der Waals surface area contributed by atoms with Crippen LogP contribution in [0.4, 0.5) is 11.5 Å². The number of benzene rings is 1. The van der Waals surface area contributed by atoms with Gasteiger partial charge in [-0.2, -0.15) is 0 Å². The van der Waals surface area contributed by atoms with Crippen LogP contribution in [0.15, 0.2) is 34.9 Å². The van der Waals surface area contributed by atoms with Crippen molar-refractivity contribution >= 4 is 23.3 Å². The minimum Gasteiger partial charge on any atom is -0.360 e. The van der Waals surface area contributed by atoms with Crippen LogP contribution in [0.5, 0.6) is 0 Å². The third-order valence-corrected chi connectivity index (χ3v) is 3.76. The average molecular weight is 299 g/mol. The van der Waals surface area contributed by atoms with Crippen LogP contribution in [0.2, 0.25) is 0 Å². The molecule has 0 bridgehead atoms. The van der Waals surface area contributed by atoms with E-state index >= 15 is 0 Å². The molecule has 1 saturated carbocycles. The van der Waals surface area contributed by atoms with E-state index in [1.165, 1.54) is 0 Å². The van der Waals surface area contributed by atoms with Gasteiger partial charge in [0.2, 0.25) is 11.8 Å². The highest BCUT2D eigenvalue weighted by molar-refractivity contribution is 6.16. The molecule has 2 amide bonds. The lowest BCUT2D eigenvalue weighted by atomic mass is 10.0. The standard InChI is InChI=1S/C16H17N3O3/c1-10-4-3-5-12(8-10)17-14(20)16(6-7-16)15(21)18-13-9-11(2)22-19-13/h3-5,8-9H,6-7H2,1-2H3,(H,17,20)(H,18,19,21). The summed E-state index contributed by atoms with van der Waals surface area (Å²) < 4.78 is 4.90. The number of hydrogen-bond donors (Lipinski definition) is 2. The molecule has 6 nitrogen and oxygen atoms in total. The average Bonchev–Trinajstić information content (AvgIpc) is 3.18. The topological polar surface area (TPSA) is 84.2 Å². The van der Waals surface area contributed by atoms with Crippen LogP contribution in [0.25, 0.3) is 0 Å². The van der Waals surface area contributed by atoms with Gasteiger partial charge in [0.05, 0.1) is 0 Å². The number of nitrogens with one attached hydrogen (secondary N) is 2. The fraction of sp³-hybridized carbons (Fsp3) is 0.312. The molecule has 0 radical (unpaired) electrons. The molecule has 1 aromatic carbocycles. The van der Waals surface area contributed by atoms with Crippen molar-refractivity contribution in [3.05, 3.63) is 41.7 Å². The zero-order valence-corrected chi connectivity index (χ0v) is 12.5. The van der Waals surface area contributed by atoms with Gasteiger partial charge in [-0.3, -0.25) is 9.59 Å². The van der Waals surface area contributed by atoms with Crippen molar-refractivity contribution in [2.45, 2.75) is 26.7 Å². The first-order valence-electron chi connectivity index (χ1n) is 7.12. The van der Waals surface area contributed by atoms with E-state index in [0.717, 1.165) is 5.56 Å². The van der Waals surface area contributed by atoms with E-state index < -0.39 is 5.41 Å². The molecule has 1 aliphatic carbocycles. The number of nitrogens with zero attached hydrogens (tertiary/aromatic N) is 1. The summed E-state index contributed by atoms with van der Waals surface area (Å²) in [5, 5.41) is 9.17. The Morgan fingerprint density at radius 3 is 2.45 bits per heavy atom. The summed E-state index contributed by atoms with van der Waals surface area (Å²) in [4.78, 5) is 24.8. The minimum absolute atomic E-state index is 0.282. The molecule has 3 rings (SSSR count). The summed E-state index contributed by atoms with van der Waals surface area (Å²) in [6.07, 6.45) is 1.07. The Balaban J connectivity index is 1.69. The van der Waals surface area contributed by atoms with E-state index in [1.807, 2.05) is 25.1 Å². The molecule has 114 valence electrons. The van der Waals surface area contributed by atoms with Gasteiger partial charge in [-0.15, -0.1) is 0 Å². The van der Waals surface area contributed by atoms with Gasteiger partial charge in [-0.1, -0.05) is 17.3 Å². The second-order valence-corrected chi connectivity index (χ2v) is 5.68. The molecule has 1 aliphatic rings. The molecular formula is C16H17N3O3. The summed E-state index contributed by atoms with van der Waals surface area (Å²) in [6, 6.07) is 9.10. The third kappa shape index (κ3) is 2.72. The molecule has 0 saturated heterocycles. The SMILES string of the molecule is Cc1cccc(NC(=O)C2(C(=O)Nc3cc(C)on3)CC2)c1. The predicted molar refractivity (Wildman–Crippen MR) is 81.3 cm³/mol. The maximum atomic E-state index is 12.4. The van der Waals surface area contributed by atoms with E-state index in [0.29, 0.717) is 30.1 Å². The van der Waals surface area contributed by atoms with Gasteiger partial charge in [-0.25, -0.2) is 0 Å². The molecule has 0 atom stereocenters. The van der Waals surface area contributed by atoms with E-state index in [4.69, 9.17) is 4.52 Å². The monoisotopic (exact) mass is 299 g/mol. The second-order valence-electron chi connectivity index (χ2n) is 5.68. The van der Waals surface area contributed by atoms with Crippen molar-refractivity contribution in [2.75, 3.05) is 10.6 Å². The van der Waals surface area contributed by atoms with Crippen molar-refractivity contribution in [3.8, 4) is 0 Å². The number of carbonyl (C=O) groups is 2. The van der Waals surface area contributed by atoms with E-state index in [-0.39, 0.29) is 11.8 Å². The summed E-state index contributed by atoms with van der Waals surface area (Å²) >= 11 is 0.